The Balaban J connectivity index is 1.11. The Morgan fingerprint density at radius 3 is 2.63 bits per heavy atom. The number of aromatic nitrogens is 3. The molecule has 4 aromatic rings. The van der Waals surface area contributed by atoms with Crippen LogP contribution in [-0.4, -0.2) is 50.9 Å². The average Bonchev–Trinajstić information content (AvgIpc) is 3.43. The third kappa shape index (κ3) is 4.15. The third-order valence-corrected chi connectivity index (χ3v) is 8.16. The normalized spacial score (nSPS) is 20.7. The van der Waals surface area contributed by atoms with Crippen molar-refractivity contribution in [2.75, 3.05) is 24.5 Å². The maximum Gasteiger partial charge on any atom is 0.222 e. The molecule has 4 heterocycles. The van der Waals surface area contributed by atoms with Gasteiger partial charge in [0.1, 0.15) is 12.1 Å². The number of carbonyl (C=O) groups is 1. The predicted octanol–water partition coefficient (Wildman–Crippen LogP) is 5.49. The number of carbonyl (C=O) groups excluding carboxylic acids is 1. The fraction of sp³-hybridized carbons (Fsp3) is 0.414. The number of nitrogens with zero attached hydrogens (tertiary/aromatic N) is 4. The van der Waals surface area contributed by atoms with Crippen molar-refractivity contribution in [3.05, 3.63) is 66.6 Å². The number of rotatable bonds is 5. The SMILES string of the molecule is O=C(CCCc1c[nH]c2ccccc12)N1CCCC2(CCCN2c2ncnc3ccccc23)CC1. The van der Waals surface area contributed by atoms with Crippen molar-refractivity contribution in [2.45, 2.75) is 56.9 Å². The van der Waals surface area contributed by atoms with E-state index in [0.717, 1.165) is 68.5 Å². The van der Waals surface area contributed by atoms with Crippen LogP contribution in [0.15, 0.2) is 61.1 Å². The molecule has 2 aliphatic heterocycles. The van der Waals surface area contributed by atoms with Gasteiger partial charge in [0, 0.05) is 54.1 Å². The Labute approximate surface area is 206 Å². The highest BCUT2D eigenvalue weighted by atomic mass is 16.2. The molecule has 1 amide bonds. The van der Waals surface area contributed by atoms with E-state index in [1.807, 2.05) is 6.07 Å². The van der Waals surface area contributed by atoms with Crippen molar-refractivity contribution >= 4 is 33.5 Å². The summed E-state index contributed by atoms with van der Waals surface area (Å²) in [6, 6.07) is 16.7. The molecular formula is C29H33N5O. The van der Waals surface area contributed by atoms with E-state index in [1.165, 1.54) is 29.3 Å². The van der Waals surface area contributed by atoms with Crippen LogP contribution < -0.4 is 4.90 Å². The molecule has 180 valence electrons. The summed E-state index contributed by atoms with van der Waals surface area (Å²) in [5, 5.41) is 2.40. The lowest BCUT2D eigenvalue weighted by Crippen LogP contribution is -2.45. The number of H-pyrrole nitrogens is 1. The number of amides is 1. The lowest BCUT2D eigenvalue weighted by Gasteiger charge is -2.39. The van der Waals surface area contributed by atoms with Gasteiger partial charge in [-0.25, -0.2) is 9.97 Å². The molecule has 1 unspecified atom stereocenters. The van der Waals surface area contributed by atoms with Gasteiger partial charge in [-0.15, -0.1) is 0 Å². The molecule has 1 atom stereocenters. The van der Waals surface area contributed by atoms with Crippen molar-refractivity contribution in [3.8, 4) is 0 Å². The molecule has 0 aliphatic carbocycles. The number of likely N-dealkylation sites (tertiary alicyclic amines) is 1. The molecule has 2 saturated heterocycles. The number of aromatic amines is 1. The van der Waals surface area contributed by atoms with Gasteiger partial charge in [-0.3, -0.25) is 4.79 Å². The number of benzene rings is 2. The molecular weight excluding hydrogens is 434 g/mol. The van der Waals surface area contributed by atoms with Crippen LogP contribution in [0.3, 0.4) is 0 Å². The molecule has 0 bridgehead atoms. The van der Waals surface area contributed by atoms with Gasteiger partial charge in [-0.05, 0) is 68.7 Å². The third-order valence-electron chi connectivity index (χ3n) is 8.16. The van der Waals surface area contributed by atoms with E-state index in [4.69, 9.17) is 4.98 Å². The molecule has 2 aliphatic rings. The first kappa shape index (κ1) is 22.1. The van der Waals surface area contributed by atoms with E-state index in [1.54, 1.807) is 6.33 Å². The highest BCUT2D eigenvalue weighted by Crippen LogP contribution is 2.42. The van der Waals surface area contributed by atoms with Gasteiger partial charge >= 0.3 is 0 Å². The van der Waals surface area contributed by atoms with Gasteiger partial charge in [-0.2, -0.15) is 0 Å². The minimum atomic E-state index is 0.0934. The van der Waals surface area contributed by atoms with E-state index >= 15 is 0 Å². The van der Waals surface area contributed by atoms with Crippen LogP contribution in [0.1, 0.15) is 50.5 Å². The Kier molecular flexibility index (Phi) is 5.88. The molecule has 6 rings (SSSR count). The minimum absolute atomic E-state index is 0.0934. The average molecular weight is 468 g/mol. The topological polar surface area (TPSA) is 65.1 Å². The quantitative estimate of drug-likeness (QED) is 0.422. The number of aryl methyl sites for hydroxylation is 1. The highest BCUT2D eigenvalue weighted by Gasteiger charge is 2.43. The summed E-state index contributed by atoms with van der Waals surface area (Å²) in [7, 11) is 0. The second kappa shape index (κ2) is 9.33. The number of hydrogen-bond acceptors (Lipinski definition) is 4. The first-order valence-corrected chi connectivity index (χ1v) is 13.0. The molecule has 2 aromatic carbocycles. The highest BCUT2D eigenvalue weighted by molar-refractivity contribution is 5.89. The maximum absolute atomic E-state index is 13.2. The second-order valence-corrected chi connectivity index (χ2v) is 10.1. The summed E-state index contributed by atoms with van der Waals surface area (Å²) in [4.78, 5) is 30.4. The lowest BCUT2D eigenvalue weighted by molar-refractivity contribution is -0.131. The maximum atomic E-state index is 13.2. The predicted molar refractivity (Wildman–Crippen MR) is 141 cm³/mol. The van der Waals surface area contributed by atoms with Gasteiger partial charge in [-0.1, -0.05) is 30.3 Å². The van der Waals surface area contributed by atoms with Crippen LogP contribution in [0, 0.1) is 0 Å². The molecule has 0 radical (unpaired) electrons. The minimum Gasteiger partial charge on any atom is -0.361 e. The molecule has 0 saturated carbocycles. The Hall–Kier alpha value is -3.41. The Morgan fingerprint density at radius 2 is 1.71 bits per heavy atom. The van der Waals surface area contributed by atoms with Crippen molar-refractivity contribution < 1.29 is 4.79 Å². The fourth-order valence-corrected chi connectivity index (χ4v) is 6.35. The number of hydrogen-bond donors (Lipinski definition) is 1. The summed E-state index contributed by atoms with van der Waals surface area (Å²) in [6.45, 7) is 2.73. The summed E-state index contributed by atoms with van der Waals surface area (Å²) < 4.78 is 0. The van der Waals surface area contributed by atoms with E-state index in [-0.39, 0.29) is 5.54 Å². The summed E-state index contributed by atoms with van der Waals surface area (Å²) in [5.74, 6) is 1.37. The zero-order valence-corrected chi connectivity index (χ0v) is 20.2. The Morgan fingerprint density at radius 1 is 0.914 bits per heavy atom. The molecule has 2 aromatic heterocycles. The molecule has 35 heavy (non-hydrogen) atoms. The van der Waals surface area contributed by atoms with E-state index < -0.39 is 0 Å². The van der Waals surface area contributed by atoms with Crippen LogP contribution in [0.2, 0.25) is 0 Å². The summed E-state index contributed by atoms with van der Waals surface area (Å²) in [5.41, 5.74) is 3.57. The molecule has 2 fully saturated rings. The number of nitrogens with one attached hydrogen (secondary N) is 1. The number of fused-ring (bicyclic) bond motifs is 2. The van der Waals surface area contributed by atoms with Crippen LogP contribution in [0.4, 0.5) is 5.82 Å². The summed E-state index contributed by atoms with van der Waals surface area (Å²) >= 11 is 0. The van der Waals surface area contributed by atoms with Crippen LogP contribution in [0.25, 0.3) is 21.8 Å². The first-order valence-electron chi connectivity index (χ1n) is 13.0. The zero-order valence-electron chi connectivity index (χ0n) is 20.2. The zero-order chi connectivity index (χ0) is 23.7. The lowest BCUT2D eigenvalue weighted by atomic mass is 9.87. The van der Waals surface area contributed by atoms with Gasteiger partial charge < -0.3 is 14.8 Å². The number of anilines is 1. The molecule has 6 heteroatoms. The first-order chi connectivity index (χ1) is 17.2. The van der Waals surface area contributed by atoms with E-state index in [2.05, 4.69) is 68.4 Å². The van der Waals surface area contributed by atoms with Gasteiger partial charge in [0.05, 0.1) is 5.52 Å². The van der Waals surface area contributed by atoms with Crippen molar-refractivity contribution in [1.82, 2.24) is 19.9 Å². The largest absolute Gasteiger partial charge is 0.361 e. The summed E-state index contributed by atoms with van der Waals surface area (Å²) in [6.07, 6.45) is 11.8. The van der Waals surface area contributed by atoms with Gasteiger partial charge in [0.2, 0.25) is 5.91 Å². The van der Waals surface area contributed by atoms with E-state index in [9.17, 15) is 4.79 Å². The second-order valence-electron chi connectivity index (χ2n) is 10.1. The smallest absolute Gasteiger partial charge is 0.222 e. The van der Waals surface area contributed by atoms with E-state index in [0.29, 0.717) is 12.3 Å². The van der Waals surface area contributed by atoms with Gasteiger partial charge in [0.25, 0.3) is 0 Å². The van der Waals surface area contributed by atoms with Crippen molar-refractivity contribution in [2.24, 2.45) is 0 Å². The molecule has 1 spiro atoms. The van der Waals surface area contributed by atoms with Gasteiger partial charge in [0.15, 0.2) is 0 Å². The van der Waals surface area contributed by atoms with Crippen molar-refractivity contribution in [3.63, 3.8) is 0 Å². The van der Waals surface area contributed by atoms with Crippen LogP contribution in [0.5, 0.6) is 0 Å². The Bertz CT molecular complexity index is 1340. The molecule has 1 N–H and O–H groups in total. The standard InChI is InChI=1S/C29H33N5O/c35-27(13-5-8-22-20-30-25-11-3-1-9-23(22)25)33-17-6-14-29(16-19-33)15-7-18-34(29)28-24-10-2-4-12-26(24)31-21-32-28/h1-4,9-12,20-21,30H,5-8,13-19H2. The monoisotopic (exact) mass is 467 g/mol. The fourth-order valence-electron chi connectivity index (χ4n) is 6.35. The molecule has 6 nitrogen and oxygen atoms in total. The van der Waals surface area contributed by atoms with Crippen LogP contribution in [-0.2, 0) is 11.2 Å². The van der Waals surface area contributed by atoms with Crippen molar-refractivity contribution in [1.29, 1.82) is 0 Å². The van der Waals surface area contributed by atoms with Crippen LogP contribution >= 0.6 is 0 Å². The number of para-hydroxylation sites is 2.